The highest BCUT2D eigenvalue weighted by atomic mass is 15.5. The van der Waals surface area contributed by atoms with Crippen LogP contribution in [-0.2, 0) is 0 Å². The molecule has 0 spiro atoms. The maximum Gasteiger partial charge on any atom is 0.0472 e. The van der Waals surface area contributed by atoms with Crippen molar-refractivity contribution in [2.45, 2.75) is 57.5 Å². The molecule has 18 heavy (non-hydrogen) atoms. The minimum Gasteiger partial charge on any atom is -0.329 e. The molecule has 3 N–H and O–H groups in total. The summed E-state index contributed by atoms with van der Waals surface area (Å²) < 4.78 is 0. The van der Waals surface area contributed by atoms with Crippen LogP contribution in [0.15, 0.2) is 0 Å². The highest BCUT2D eigenvalue weighted by Crippen LogP contribution is 2.24. The van der Waals surface area contributed by atoms with Crippen LogP contribution in [0.5, 0.6) is 0 Å². The Hall–Kier alpha value is -0.160. The Morgan fingerprint density at radius 1 is 1.06 bits per heavy atom. The maximum absolute atomic E-state index is 6.07. The standard InChI is InChI=1S/C14H30N4/c1-13(2)17-10-6-14(12-15,7-11-17)16-18-8-4-3-5-9-18/h13,16H,3-12,15H2,1-2H3. The number of likely N-dealkylation sites (tertiary alicyclic amines) is 1. The molecule has 2 rings (SSSR count). The molecule has 0 aliphatic carbocycles. The lowest BCUT2D eigenvalue weighted by molar-refractivity contribution is 0.0328. The summed E-state index contributed by atoms with van der Waals surface area (Å²) in [7, 11) is 0. The first-order valence-electron chi connectivity index (χ1n) is 7.62. The van der Waals surface area contributed by atoms with Crippen LogP contribution in [0.25, 0.3) is 0 Å². The van der Waals surface area contributed by atoms with E-state index < -0.39 is 0 Å². The summed E-state index contributed by atoms with van der Waals surface area (Å²) >= 11 is 0. The minimum atomic E-state index is 0.155. The van der Waals surface area contributed by atoms with Gasteiger partial charge in [-0.2, -0.15) is 0 Å². The molecule has 0 saturated carbocycles. The number of nitrogens with one attached hydrogen (secondary N) is 1. The molecule has 0 aromatic heterocycles. The van der Waals surface area contributed by atoms with Crippen molar-refractivity contribution < 1.29 is 0 Å². The summed E-state index contributed by atoms with van der Waals surface area (Å²) in [6.45, 7) is 10.1. The molecule has 0 aromatic carbocycles. The Kier molecular flexibility index (Phi) is 5.01. The zero-order valence-corrected chi connectivity index (χ0v) is 12.1. The van der Waals surface area contributed by atoms with Crippen LogP contribution in [0.1, 0.15) is 46.0 Å². The Morgan fingerprint density at radius 2 is 1.67 bits per heavy atom. The van der Waals surface area contributed by atoms with Crippen LogP contribution in [0.2, 0.25) is 0 Å². The molecule has 0 aromatic rings. The molecule has 0 atom stereocenters. The lowest BCUT2D eigenvalue weighted by Gasteiger charge is -2.46. The molecule has 0 unspecified atom stereocenters. The van der Waals surface area contributed by atoms with E-state index in [4.69, 9.17) is 5.73 Å². The Morgan fingerprint density at radius 3 is 2.17 bits per heavy atom. The lowest BCUT2D eigenvalue weighted by atomic mass is 9.87. The molecule has 4 nitrogen and oxygen atoms in total. The van der Waals surface area contributed by atoms with Gasteiger partial charge in [0.2, 0.25) is 0 Å². The van der Waals surface area contributed by atoms with Crippen molar-refractivity contribution in [1.29, 1.82) is 0 Å². The predicted molar refractivity (Wildman–Crippen MR) is 76.3 cm³/mol. The Labute approximate surface area is 112 Å². The van der Waals surface area contributed by atoms with Gasteiger partial charge in [0.05, 0.1) is 0 Å². The average Bonchev–Trinajstić information content (AvgIpc) is 2.40. The van der Waals surface area contributed by atoms with Crippen molar-refractivity contribution in [2.75, 3.05) is 32.7 Å². The van der Waals surface area contributed by atoms with Gasteiger partial charge in [-0.25, -0.2) is 10.4 Å². The van der Waals surface area contributed by atoms with E-state index in [1.165, 1.54) is 58.3 Å². The molecule has 0 radical (unpaired) electrons. The summed E-state index contributed by atoms with van der Waals surface area (Å²) in [5.74, 6) is 0. The molecule has 0 bridgehead atoms. The van der Waals surface area contributed by atoms with E-state index >= 15 is 0 Å². The topological polar surface area (TPSA) is 44.5 Å². The summed E-state index contributed by atoms with van der Waals surface area (Å²) in [6, 6.07) is 0.663. The second-order valence-corrected chi connectivity index (χ2v) is 6.27. The van der Waals surface area contributed by atoms with Gasteiger partial charge in [-0.15, -0.1) is 0 Å². The van der Waals surface area contributed by atoms with E-state index in [-0.39, 0.29) is 5.54 Å². The van der Waals surface area contributed by atoms with Crippen LogP contribution in [0.4, 0.5) is 0 Å². The van der Waals surface area contributed by atoms with Crippen molar-refractivity contribution in [2.24, 2.45) is 5.73 Å². The summed E-state index contributed by atoms with van der Waals surface area (Å²) in [6.07, 6.45) is 6.39. The first-order valence-corrected chi connectivity index (χ1v) is 7.62. The van der Waals surface area contributed by atoms with Crippen LogP contribution < -0.4 is 11.2 Å². The number of piperidine rings is 2. The van der Waals surface area contributed by atoms with Crippen LogP contribution >= 0.6 is 0 Å². The molecular weight excluding hydrogens is 224 g/mol. The summed E-state index contributed by atoms with van der Waals surface area (Å²) in [4.78, 5) is 2.56. The number of hydrogen-bond donors (Lipinski definition) is 2. The quantitative estimate of drug-likeness (QED) is 0.791. The smallest absolute Gasteiger partial charge is 0.0472 e. The maximum atomic E-state index is 6.07. The fraction of sp³-hybridized carbons (Fsp3) is 1.00. The number of hydrazine groups is 1. The van der Waals surface area contributed by atoms with Crippen molar-refractivity contribution in [3.8, 4) is 0 Å². The van der Waals surface area contributed by atoms with Gasteiger partial charge in [0.15, 0.2) is 0 Å². The molecular formula is C14H30N4. The summed E-state index contributed by atoms with van der Waals surface area (Å²) in [5.41, 5.74) is 9.99. The SMILES string of the molecule is CC(C)N1CCC(CN)(NN2CCCCC2)CC1. The third-order valence-corrected chi connectivity index (χ3v) is 4.63. The fourth-order valence-corrected chi connectivity index (χ4v) is 3.17. The van der Waals surface area contributed by atoms with Crippen LogP contribution in [0.3, 0.4) is 0 Å². The van der Waals surface area contributed by atoms with Gasteiger partial charge < -0.3 is 10.6 Å². The van der Waals surface area contributed by atoms with Gasteiger partial charge in [-0.05, 0) is 39.5 Å². The molecule has 2 fully saturated rings. The van der Waals surface area contributed by atoms with Gasteiger partial charge in [0.1, 0.15) is 0 Å². The lowest BCUT2D eigenvalue weighted by Crippen LogP contribution is -2.63. The van der Waals surface area contributed by atoms with Crippen molar-refractivity contribution in [1.82, 2.24) is 15.3 Å². The molecule has 2 aliphatic heterocycles. The number of nitrogens with zero attached hydrogens (tertiary/aromatic N) is 2. The zero-order chi connectivity index (χ0) is 13.0. The predicted octanol–water partition coefficient (Wildman–Crippen LogP) is 1.18. The van der Waals surface area contributed by atoms with E-state index in [1.807, 2.05) is 0 Å². The van der Waals surface area contributed by atoms with E-state index in [0.29, 0.717) is 6.04 Å². The van der Waals surface area contributed by atoms with E-state index in [1.54, 1.807) is 0 Å². The highest BCUT2D eigenvalue weighted by molar-refractivity contribution is 4.94. The molecule has 0 amide bonds. The van der Waals surface area contributed by atoms with Crippen molar-refractivity contribution in [3.05, 3.63) is 0 Å². The molecule has 2 aliphatic rings. The van der Waals surface area contributed by atoms with Gasteiger partial charge in [-0.3, -0.25) is 0 Å². The number of rotatable bonds is 4. The normalized spacial score (nSPS) is 26.7. The Balaban J connectivity index is 1.87. The van der Waals surface area contributed by atoms with Gasteiger partial charge >= 0.3 is 0 Å². The zero-order valence-electron chi connectivity index (χ0n) is 12.1. The number of hydrogen-bond acceptors (Lipinski definition) is 4. The summed E-state index contributed by atoms with van der Waals surface area (Å²) in [5, 5.41) is 2.42. The largest absolute Gasteiger partial charge is 0.329 e. The van der Waals surface area contributed by atoms with Crippen LogP contribution in [-0.4, -0.2) is 54.2 Å². The molecule has 2 heterocycles. The number of nitrogens with two attached hydrogens (primary N) is 1. The molecule has 4 heteroatoms. The van der Waals surface area contributed by atoms with Crippen molar-refractivity contribution in [3.63, 3.8) is 0 Å². The van der Waals surface area contributed by atoms with E-state index in [2.05, 4.69) is 29.2 Å². The monoisotopic (exact) mass is 254 g/mol. The third-order valence-electron chi connectivity index (χ3n) is 4.63. The first-order chi connectivity index (χ1) is 8.65. The third kappa shape index (κ3) is 3.44. The van der Waals surface area contributed by atoms with Gasteiger partial charge in [0, 0.05) is 44.3 Å². The average molecular weight is 254 g/mol. The van der Waals surface area contributed by atoms with E-state index in [0.717, 1.165) is 6.54 Å². The molecule has 2 saturated heterocycles. The first kappa shape index (κ1) is 14.3. The van der Waals surface area contributed by atoms with Gasteiger partial charge in [0.25, 0.3) is 0 Å². The van der Waals surface area contributed by atoms with Gasteiger partial charge in [-0.1, -0.05) is 6.42 Å². The Bertz CT molecular complexity index is 240. The second kappa shape index (κ2) is 6.33. The van der Waals surface area contributed by atoms with Crippen LogP contribution in [0, 0.1) is 0 Å². The fourth-order valence-electron chi connectivity index (χ4n) is 3.17. The van der Waals surface area contributed by atoms with Crippen molar-refractivity contribution >= 4 is 0 Å². The van der Waals surface area contributed by atoms with E-state index in [9.17, 15) is 0 Å². The highest BCUT2D eigenvalue weighted by Gasteiger charge is 2.35. The minimum absolute atomic E-state index is 0.155. The second-order valence-electron chi connectivity index (χ2n) is 6.27. The molecule has 106 valence electrons.